The van der Waals surface area contributed by atoms with Crippen LogP contribution >= 0.6 is 27.5 Å². The van der Waals surface area contributed by atoms with E-state index < -0.39 is 5.97 Å². The number of benzene rings is 2. The Morgan fingerprint density at radius 2 is 2.14 bits per heavy atom. The number of anilines is 1. The average Bonchev–Trinajstić information content (AvgIpc) is 2.46. The zero-order valence-electron chi connectivity index (χ0n) is 11.2. The Morgan fingerprint density at radius 1 is 1.38 bits per heavy atom. The van der Waals surface area contributed by atoms with E-state index in [4.69, 9.17) is 21.4 Å². The van der Waals surface area contributed by atoms with Gasteiger partial charge in [-0.25, -0.2) is 4.79 Å². The van der Waals surface area contributed by atoms with E-state index in [1.807, 2.05) is 12.1 Å². The predicted octanol–water partition coefficient (Wildman–Crippen LogP) is 4.42. The van der Waals surface area contributed by atoms with Crippen molar-refractivity contribution in [3.63, 3.8) is 0 Å². The predicted molar refractivity (Wildman–Crippen MR) is 86.4 cm³/mol. The molecule has 0 aromatic heterocycles. The third kappa shape index (κ3) is 3.68. The molecule has 0 aliphatic heterocycles. The molecule has 110 valence electrons. The first-order valence-corrected chi connectivity index (χ1v) is 7.28. The second-order valence-electron chi connectivity index (χ2n) is 4.27. The minimum Gasteiger partial charge on any atom is -0.496 e. The summed E-state index contributed by atoms with van der Waals surface area (Å²) in [5.74, 6) is -0.261. The Balaban J connectivity index is 2.19. The molecular weight excluding hydrogens is 358 g/mol. The molecule has 2 aromatic carbocycles. The minimum atomic E-state index is -0.963. The fraction of sp³-hybridized carbons (Fsp3) is 0.133. The number of rotatable bonds is 5. The zero-order valence-corrected chi connectivity index (χ0v) is 13.5. The zero-order chi connectivity index (χ0) is 15.4. The molecule has 0 aliphatic carbocycles. The topological polar surface area (TPSA) is 58.6 Å². The van der Waals surface area contributed by atoms with Crippen LogP contribution in [0.4, 0.5) is 5.69 Å². The van der Waals surface area contributed by atoms with Crippen molar-refractivity contribution in [2.75, 3.05) is 12.4 Å². The monoisotopic (exact) mass is 369 g/mol. The van der Waals surface area contributed by atoms with Gasteiger partial charge < -0.3 is 15.2 Å². The summed E-state index contributed by atoms with van der Waals surface area (Å²) < 4.78 is 5.96. The van der Waals surface area contributed by atoms with Crippen molar-refractivity contribution in [3.05, 3.63) is 57.0 Å². The van der Waals surface area contributed by atoms with Crippen molar-refractivity contribution in [2.24, 2.45) is 0 Å². The third-order valence-corrected chi connectivity index (χ3v) is 3.98. The number of hydrogen-bond acceptors (Lipinski definition) is 3. The van der Waals surface area contributed by atoms with Crippen LogP contribution in [0.3, 0.4) is 0 Å². The lowest BCUT2D eigenvalue weighted by Gasteiger charge is -2.13. The number of halogens is 2. The highest BCUT2D eigenvalue weighted by atomic mass is 79.9. The molecule has 0 atom stereocenters. The van der Waals surface area contributed by atoms with Crippen LogP contribution in [-0.4, -0.2) is 18.2 Å². The molecule has 0 fully saturated rings. The molecule has 0 aliphatic rings. The van der Waals surface area contributed by atoms with E-state index in [2.05, 4.69) is 21.2 Å². The average molecular weight is 371 g/mol. The Morgan fingerprint density at radius 3 is 2.76 bits per heavy atom. The van der Waals surface area contributed by atoms with Crippen LogP contribution in [0.15, 0.2) is 40.9 Å². The summed E-state index contributed by atoms with van der Waals surface area (Å²) in [7, 11) is 1.59. The molecular formula is C15H13BrClNO3. The maximum Gasteiger partial charge on any atom is 0.335 e. The van der Waals surface area contributed by atoms with E-state index >= 15 is 0 Å². The van der Waals surface area contributed by atoms with Gasteiger partial charge in [-0.05, 0) is 46.3 Å². The summed E-state index contributed by atoms with van der Waals surface area (Å²) in [6.07, 6.45) is 0. The molecule has 0 saturated carbocycles. The summed E-state index contributed by atoms with van der Waals surface area (Å²) in [4.78, 5) is 10.9. The van der Waals surface area contributed by atoms with Crippen LogP contribution in [0, 0.1) is 0 Å². The van der Waals surface area contributed by atoms with E-state index in [0.717, 1.165) is 11.3 Å². The number of carboxylic acid groups (broad SMARTS) is 1. The third-order valence-electron chi connectivity index (χ3n) is 2.97. The summed E-state index contributed by atoms with van der Waals surface area (Å²) in [6.45, 7) is 0.466. The lowest BCUT2D eigenvalue weighted by Crippen LogP contribution is -2.04. The van der Waals surface area contributed by atoms with Gasteiger partial charge in [-0.1, -0.05) is 17.7 Å². The normalized spacial score (nSPS) is 10.2. The SMILES string of the molecule is COc1cccc(Cl)c1CNc1ccc(C(=O)O)cc1Br. The quantitative estimate of drug-likeness (QED) is 0.818. The van der Waals surface area contributed by atoms with Crippen LogP contribution in [0.25, 0.3) is 0 Å². The molecule has 0 saturated heterocycles. The lowest BCUT2D eigenvalue weighted by atomic mass is 10.1. The van der Waals surface area contributed by atoms with Crippen LogP contribution < -0.4 is 10.1 Å². The van der Waals surface area contributed by atoms with Crippen molar-refractivity contribution < 1.29 is 14.6 Å². The molecule has 2 aromatic rings. The molecule has 0 unspecified atom stereocenters. The van der Waals surface area contributed by atoms with Gasteiger partial charge in [-0.15, -0.1) is 0 Å². The molecule has 0 heterocycles. The molecule has 2 rings (SSSR count). The number of carboxylic acids is 1. The Labute approximate surface area is 135 Å². The van der Waals surface area contributed by atoms with Gasteiger partial charge in [0.05, 0.1) is 12.7 Å². The number of aromatic carboxylic acids is 1. The standard InChI is InChI=1S/C15H13BrClNO3/c1-21-14-4-2-3-12(17)10(14)8-18-13-6-5-9(15(19)20)7-11(13)16/h2-7,18H,8H2,1H3,(H,19,20). The number of ether oxygens (including phenoxy) is 1. The van der Waals surface area contributed by atoms with Crippen LogP contribution in [-0.2, 0) is 6.54 Å². The van der Waals surface area contributed by atoms with Crippen molar-refractivity contribution >= 4 is 39.2 Å². The molecule has 4 nitrogen and oxygen atoms in total. The van der Waals surface area contributed by atoms with Crippen LogP contribution in [0.2, 0.25) is 5.02 Å². The summed E-state index contributed by atoms with van der Waals surface area (Å²) in [5, 5.41) is 12.8. The molecule has 0 bridgehead atoms. The summed E-state index contributed by atoms with van der Waals surface area (Å²) in [6, 6.07) is 10.3. The molecule has 0 spiro atoms. The number of methoxy groups -OCH3 is 1. The highest BCUT2D eigenvalue weighted by Gasteiger charge is 2.10. The Hall–Kier alpha value is -1.72. The number of carbonyl (C=O) groups is 1. The van der Waals surface area contributed by atoms with E-state index in [0.29, 0.717) is 21.8 Å². The smallest absolute Gasteiger partial charge is 0.335 e. The highest BCUT2D eigenvalue weighted by molar-refractivity contribution is 9.10. The van der Waals surface area contributed by atoms with Gasteiger partial charge in [0.1, 0.15) is 5.75 Å². The largest absolute Gasteiger partial charge is 0.496 e. The summed E-state index contributed by atoms with van der Waals surface area (Å²) in [5.41, 5.74) is 1.85. The van der Waals surface area contributed by atoms with Gasteiger partial charge in [-0.3, -0.25) is 0 Å². The lowest BCUT2D eigenvalue weighted by molar-refractivity contribution is 0.0697. The molecule has 21 heavy (non-hydrogen) atoms. The molecule has 0 amide bonds. The fourth-order valence-electron chi connectivity index (χ4n) is 1.88. The van der Waals surface area contributed by atoms with Crippen molar-refractivity contribution in [1.82, 2.24) is 0 Å². The van der Waals surface area contributed by atoms with Gasteiger partial charge in [0, 0.05) is 27.3 Å². The maximum atomic E-state index is 10.9. The van der Waals surface area contributed by atoms with E-state index in [1.54, 1.807) is 31.4 Å². The number of nitrogens with one attached hydrogen (secondary N) is 1. The highest BCUT2D eigenvalue weighted by Crippen LogP contribution is 2.29. The Bertz CT molecular complexity index is 676. The Kier molecular flexibility index (Phi) is 5.09. The van der Waals surface area contributed by atoms with Crippen molar-refractivity contribution in [2.45, 2.75) is 6.54 Å². The van der Waals surface area contributed by atoms with Gasteiger partial charge in [0.15, 0.2) is 0 Å². The van der Waals surface area contributed by atoms with E-state index in [-0.39, 0.29) is 5.56 Å². The van der Waals surface area contributed by atoms with Gasteiger partial charge >= 0.3 is 5.97 Å². The van der Waals surface area contributed by atoms with E-state index in [1.165, 1.54) is 0 Å². The molecule has 2 N–H and O–H groups in total. The minimum absolute atomic E-state index is 0.225. The van der Waals surface area contributed by atoms with Crippen molar-refractivity contribution in [1.29, 1.82) is 0 Å². The van der Waals surface area contributed by atoms with Gasteiger partial charge in [0.25, 0.3) is 0 Å². The maximum absolute atomic E-state index is 10.9. The van der Waals surface area contributed by atoms with Crippen molar-refractivity contribution in [3.8, 4) is 5.75 Å². The first-order valence-electron chi connectivity index (χ1n) is 6.11. The summed E-state index contributed by atoms with van der Waals surface area (Å²) >= 11 is 9.52. The molecule has 6 heteroatoms. The van der Waals surface area contributed by atoms with E-state index in [9.17, 15) is 4.79 Å². The second-order valence-corrected chi connectivity index (χ2v) is 5.54. The fourth-order valence-corrected chi connectivity index (χ4v) is 2.63. The second kappa shape index (κ2) is 6.83. The molecule has 0 radical (unpaired) electrons. The van der Waals surface area contributed by atoms with Gasteiger partial charge in [-0.2, -0.15) is 0 Å². The van der Waals surface area contributed by atoms with Gasteiger partial charge in [0.2, 0.25) is 0 Å². The van der Waals surface area contributed by atoms with Crippen LogP contribution in [0.5, 0.6) is 5.75 Å². The van der Waals surface area contributed by atoms with Crippen LogP contribution in [0.1, 0.15) is 15.9 Å². The first-order chi connectivity index (χ1) is 10.0. The first kappa shape index (κ1) is 15.7. The number of hydrogen-bond donors (Lipinski definition) is 2.